The van der Waals surface area contributed by atoms with Gasteiger partial charge in [-0.25, -0.2) is 0 Å². The number of esters is 1. The van der Waals surface area contributed by atoms with E-state index in [1.165, 1.54) is 0 Å². The standard InChI is InChI=1S/C16H21ClN2O2S/c1-3-21-15(20)12-7-9-19(10-8-12)16(22)18-14-6-4-5-13(17)11(14)2/h4-6,12H,3,7-10H2,1-2H3,(H,18,22). The Hall–Kier alpha value is -1.33. The lowest BCUT2D eigenvalue weighted by Gasteiger charge is -2.33. The Morgan fingerprint density at radius 3 is 2.77 bits per heavy atom. The van der Waals surface area contributed by atoms with E-state index in [1.807, 2.05) is 32.0 Å². The van der Waals surface area contributed by atoms with Crippen molar-refractivity contribution in [1.82, 2.24) is 4.90 Å². The second kappa shape index (κ2) is 7.79. The zero-order chi connectivity index (χ0) is 16.1. The minimum atomic E-state index is -0.0910. The summed E-state index contributed by atoms with van der Waals surface area (Å²) in [7, 11) is 0. The fraction of sp³-hybridized carbons (Fsp3) is 0.500. The molecule has 2 rings (SSSR count). The highest BCUT2D eigenvalue weighted by Gasteiger charge is 2.27. The number of carbonyl (C=O) groups is 1. The molecule has 0 saturated carbocycles. The molecule has 0 spiro atoms. The third-order valence-corrected chi connectivity index (χ3v) is 4.68. The summed E-state index contributed by atoms with van der Waals surface area (Å²) in [6.07, 6.45) is 1.55. The van der Waals surface area contributed by atoms with Crippen molar-refractivity contribution < 1.29 is 9.53 Å². The van der Waals surface area contributed by atoms with Gasteiger partial charge in [0.25, 0.3) is 0 Å². The van der Waals surface area contributed by atoms with Crippen molar-refractivity contribution in [2.24, 2.45) is 5.92 Å². The molecule has 6 heteroatoms. The molecule has 1 aliphatic rings. The number of hydrogen-bond acceptors (Lipinski definition) is 3. The van der Waals surface area contributed by atoms with Crippen molar-refractivity contribution in [2.75, 3.05) is 25.0 Å². The first-order valence-corrected chi connectivity index (χ1v) is 8.29. The Bertz CT molecular complexity index is 557. The van der Waals surface area contributed by atoms with E-state index in [-0.39, 0.29) is 11.9 Å². The van der Waals surface area contributed by atoms with E-state index in [0.29, 0.717) is 16.7 Å². The van der Waals surface area contributed by atoms with Gasteiger partial charge in [0.05, 0.1) is 12.5 Å². The van der Waals surface area contributed by atoms with Gasteiger partial charge in [-0.2, -0.15) is 0 Å². The number of anilines is 1. The molecule has 1 N–H and O–H groups in total. The van der Waals surface area contributed by atoms with Crippen molar-refractivity contribution in [1.29, 1.82) is 0 Å². The van der Waals surface area contributed by atoms with Gasteiger partial charge in [-0.15, -0.1) is 0 Å². The lowest BCUT2D eigenvalue weighted by atomic mass is 9.97. The largest absolute Gasteiger partial charge is 0.466 e. The highest BCUT2D eigenvalue weighted by molar-refractivity contribution is 7.80. The van der Waals surface area contributed by atoms with E-state index in [1.54, 1.807) is 0 Å². The summed E-state index contributed by atoms with van der Waals surface area (Å²) < 4.78 is 5.08. The van der Waals surface area contributed by atoms with E-state index < -0.39 is 0 Å². The van der Waals surface area contributed by atoms with Crippen LogP contribution in [0.5, 0.6) is 0 Å². The van der Waals surface area contributed by atoms with Crippen LogP contribution in [0, 0.1) is 12.8 Å². The second-order valence-electron chi connectivity index (χ2n) is 5.36. The van der Waals surface area contributed by atoms with Crippen LogP contribution in [-0.4, -0.2) is 35.7 Å². The summed E-state index contributed by atoms with van der Waals surface area (Å²) in [5.74, 6) is -0.0985. The molecule has 0 bridgehead atoms. The van der Waals surface area contributed by atoms with Crippen molar-refractivity contribution >= 4 is 40.6 Å². The number of ether oxygens (including phenoxy) is 1. The number of piperidine rings is 1. The van der Waals surface area contributed by atoms with Crippen molar-refractivity contribution in [3.63, 3.8) is 0 Å². The van der Waals surface area contributed by atoms with Gasteiger partial charge in [-0.3, -0.25) is 4.79 Å². The van der Waals surface area contributed by atoms with Crippen LogP contribution < -0.4 is 5.32 Å². The van der Waals surface area contributed by atoms with Crippen LogP contribution in [0.4, 0.5) is 5.69 Å². The summed E-state index contributed by atoms with van der Waals surface area (Å²) >= 11 is 11.6. The number of hydrogen-bond donors (Lipinski definition) is 1. The van der Waals surface area contributed by atoms with E-state index >= 15 is 0 Å². The van der Waals surface area contributed by atoms with Crippen LogP contribution in [0.1, 0.15) is 25.3 Å². The zero-order valence-electron chi connectivity index (χ0n) is 12.9. The molecule has 0 aliphatic carbocycles. The highest BCUT2D eigenvalue weighted by Crippen LogP contribution is 2.24. The average molecular weight is 341 g/mol. The predicted octanol–water partition coefficient (Wildman–Crippen LogP) is 3.62. The number of benzene rings is 1. The maximum atomic E-state index is 11.7. The Labute approximate surface area is 141 Å². The topological polar surface area (TPSA) is 41.6 Å². The van der Waals surface area contributed by atoms with Gasteiger partial charge in [-0.1, -0.05) is 17.7 Å². The first-order chi connectivity index (χ1) is 10.5. The van der Waals surface area contributed by atoms with Gasteiger partial charge < -0.3 is 15.0 Å². The molecule has 1 aromatic carbocycles. The summed E-state index contributed by atoms with van der Waals surface area (Å²) in [5, 5.41) is 4.64. The van der Waals surface area contributed by atoms with Gasteiger partial charge in [0, 0.05) is 23.8 Å². The second-order valence-corrected chi connectivity index (χ2v) is 6.15. The van der Waals surface area contributed by atoms with Crippen LogP contribution in [0.3, 0.4) is 0 Å². The average Bonchev–Trinajstić information content (AvgIpc) is 2.52. The third-order valence-electron chi connectivity index (χ3n) is 3.91. The summed E-state index contributed by atoms with van der Waals surface area (Å²) in [4.78, 5) is 13.8. The molecule has 1 saturated heterocycles. The molecule has 1 heterocycles. The molecule has 120 valence electrons. The Kier molecular flexibility index (Phi) is 6.03. The molecule has 0 radical (unpaired) electrons. The van der Waals surface area contributed by atoms with Gasteiger partial charge in [-0.05, 0) is 56.6 Å². The van der Waals surface area contributed by atoms with E-state index in [9.17, 15) is 4.79 Å². The van der Waals surface area contributed by atoms with Crippen molar-refractivity contribution in [2.45, 2.75) is 26.7 Å². The predicted molar refractivity (Wildman–Crippen MR) is 93.3 cm³/mol. The number of thiocarbonyl (C=S) groups is 1. The molecule has 0 aromatic heterocycles. The molecular formula is C16H21ClN2O2S. The van der Waals surface area contributed by atoms with Gasteiger partial charge in [0.15, 0.2) is 5.11 Å². The quantitative estimate of drug-likeness (QED) is 0.672. The third kappa shape index (κ3) is 4.11. The molecule has 4 nitrogen and oxygen atoms in total. The minimum Gasteiger partial charge on any atom is -0.466 e. The molecule has 1 aromatic rings. The lowest BCUT2D eigenvalue weighted by Crippen LogP contribution is -2.42. The van der Waals surface area contributed by atoms with E-state index in [4.69, 9.17) is 28.6 Å². The van der Waals surface area contributed by atoms with Gasteiger partial charge in [0.1, 0.15) is 0 Å². The van der Waals surface area contributed by atoms with Crippen LogP contribution in [0.2, 0.25) is 5.02 Å². The normalized spacial score (nSPS) is 15.5. The zero-order valence-corrected chi connectivity index (χ0v) is 14.5. The van der Waals surface area contributed by atoms with E-state index in [2.05, 4.69) is 10.2 Å². The molecule has 0 amide bonds. The van der Waals surface area contributed by atoms with Crippen LogP contribution in [-0.2, 0) is 9.53 Å². The fourth-order valence-corrected chi connectivity index (χ4v) is 2.98. The van der Waals surface area contributed by atoms with Crippen molar-refractivity contribution in [3.8, 4) is 0 Å². The van der Waals surface area contributed by atoms with Crippen LogP contribution in [0.25, 0.3) is 0 Å². The fourth-order valence-electron chi connectivity index (χ4n) is 2.52. The smallest absolute Gasteiger partial charge is 0.309 e. The molecule has 22 heavy (non-hydrogen) atoms. The molecule has 1 aliphatic heterocycles. The number of rotatable bonds is 3. The van der Waals surface area contributed by atoms with Gasteiger partial charge >= 0.3 is 5.97 Å². The Morgan fingerprint density at radius 1 is 1.45 bits per heavy atom. The lowest BCUT2D eigenvalue weighted by molar-refractivity contribution is -0.149. The van der Waals surface area contributed by atoms with E-state index in [0.717, 1.165) is 37.2 Å². The summed E-state index contributed by atoms with van der Waals surface area (Å²) in [6.45, 7) is 5.75. The van der Waals surface area contributed by atoms with Crippen LogP contribution >= 0.6 is 23.8 Å². The SMILES string of the molecule is CCOC(=O)C1CCN(C(=S)Nc2cccc(Cl)c2C)CC1. The molecule has 0 atom stereocenters. The Balaban J connectivity index is 1.90. The van der Waals surface area contributed by atoms with Crippen molar-refractivity contribution in [3.05, 3.63) is 28.8 Å². The molecular weight excluding hydrogens is 320 g/mol. The number of carbonyl (C=O) groups excluding carboxylic acids is 1. The number of likely N-dealkylation sites (tertiary alicyclic amines) is 1. The highest BCUT2D eigenvalue weighted by atomic mass is 35.5. The minimum absolute atomic E-state index is 0.00749. The maximum absolute atomic E-state index is 11.7. The maximum Gasteiger partial charge on any atom is 0.309 e. The number of nitrogens with zero attached hydrogens (tertiary/aromatic N) is 1. The monoisotopic (exact) mass is 340 g/mol. The summed E-state index contributed by atoms with van der Waals surface area (Å²) in [5.41, 5.74) is 1.90. The molecule has 0 unspecified atom stereocenters. The number of halogens is 1. The number of nitrogens with one attached hydrogen (secondary N) is 1. The van der Waals surface area contributed by atoms with Crippen LogP contribution in [0.15, 0.2) is 18.2 Å². The Morgan fingerprint density at radius 2 is 2.14 bits per heavy atom. The summed E-state index contributed by atoms with van der Waals surface area (Å²) in [6, 6.07) is 5.71. The molecule has 1 fully saturated rings. The first-order valence-electron chi connectivity index (χ1n) is 7.50. The van der Waals surface area contributed by atoms with Gasteiger partial charge in [0.2, 0.25) is 0 Å². The first kappa shape index (κ1) is 17.0.